The molecule has 0 aromatic heterocycles. The predicted molar refractivity (Wildman–Crippen MR) is 56.1 cm³/mol. The molecule has 0 saturated heterocycles. The van der Waals surface area contributed by atoms with Crippen LogP contribution in [0.2, 0.25) is 5.02 Å². The third kappa shape index (κ3) is 2.47. The Balaban J connectivity index is 3.09. The van der Waals surface area contributed by atoms with Gasteiger partial charge < -0.3 is 10.5 Å². The van der Waals surface area contributed by atoms with Crippen LogP contribution >= 0.6 is 11.6 Å². The number of halogens is 2. The summed E-state index contributed by atoms with van der Waals surface area (Å²) in [6.07, 6.45) is 3.43. The molecule has 0 bridgehead atoms. The fourth-order valence-corrected chi connectivity index (χ4v) is 1.22. The molecule has 1 rings (SSSR count). The molecule has 0 atom stereocenters. The van der Waals surface area contributed by atoms with Gasteiger partial charge in [-0.3, -0.25) is 0 Å². The SMILES string of the molecule is COc1cc(/C=C/CN)cc(F)c1Cl. The first-order chi connectivity index (χ1) is 6.69. The molecule has 0 saturated carbocycles. The molecule has 0 radical (unpaired) electrons. The number of ether oxygens (including phenoxy) is 1. The van der Waals surface area contributed by atoms with Crippen LogP contribution in [0.5, 0.6) is 5.75 Å². The van der Waals surface area contributed by atoms with Crippen molar-refractivity contribution in [2.75, 3.05) is 13.7 Å². The third-order valence-corrected chi connectivity index (χ3v) is 2.05. The smallest absolute Gasteiger partial charge is 0.146 e. The maximum Gasteiger partial charge on any atom is 0.146 e. The van der Waals surface area contributed by atoms with Crippen molar-refractivity contribution < 1.29 is 9.13 Å². The van der Waals surface area contributed by atoms with Gasteiger partial charge >= 0.3 is 0 Å². The van der Waals surface area contributed by atoms with Crippen molar-refractivity contribution in [2.24, 2.45) is 5.73 Å². The van der Waals surface area contributed by atoms with Crippen molar-refractivity contribution in [1.82, 2.24) is 0 Å². The molecule has 2 nitrogen and oxygen atoms in total. The molecule has 0 fully saturated rings. The summed E-state index contributed by atoms with van der Waals surface area (Å²) in [5, 5.41) is -0.00241. The summed E-state index contributed by atoms with van der Waals surface area (Å²) >= 11 is 5.65. The second-order valence-electron chi connectivity index (χ2n) is 2.66. The second-order valence-corrected chi connectivity index (χ2v) is 3.04. The van der Waals surface area contributed by atoms with Gasteiger partial charge in [0.15, 0.2) is 0 Å². The number of nitrogens with two attached hydrogens (primary N) is 1. The van der Waals surface area contributed by atoms with Gasteiger partial charge in [0.25, 0.3) is 0 Å². The quantitative estimate of drug-likeness (QED) is 0.841. The van der Waals surface area contributed by atoms with Gasteiger partial charge in [-0.15, -0.1) is 0 Å². The number of hydrogen-bond acceptors (Lipinski definition) is 2. The van der Waals surface area contributed by atoms with Crippen LogP contribution in [-0.2, 0) is 0 Å². The Kier molecular flexibility index (Phi) is 3.92. The highest BCUT2D eigenvalue weighted by molar-refractivity contribution is 6.32. The minimum Gasteiger partial charge on any atom is -0.495 e. The van der Waals surface area contributed by atoms with E-state index in [1.54, 1.807) is 18.2 Å². The number of rotatable bonds is 3. The molecule has 0 aliphatic heterocycles. The van der Waals surface area contributed by atoms with Crippen LogP contribution in [0.3, 0.4) is 0 Å². The van der Waals surface area contributed by atoms with E-state index >= 15 is 0 Å². The standard InChI is InChI=1S/C10H11ClFNO/c1-14-9-6-7(3-2-4-13)5-8(12)10(9)11/h2-3,5-6H,4,13H2,1H3/b3-2+. The Labute approximate surface area is 87.1 Å². The van der Waals surface area contributed by atoms with Crippen LogP contribution in [0, 0.1) is 5.82 Å². The molecule has 2 N–H and O–H groups in total. The van der Waals surface area contributed by atoms with E-state index < -0.39 is 5.82 Å². The van der Waals surface area contributed by atoms with E-state index in [9.17, 15) is 4.39 Å². The largest absolute Gasteiger partial charge is 0.495 e. The monoisotopic (exact) mass is 215 g/mol. The number of methoxy groups -OCH3 is 1. The summed E-state index contributed by atoms with van der Waals surface area (Å²) < 4.78 is 18.1. The molecule has 14 heavy (non-hydrogen) atoms. The topological polar surface area (TPSA) is 35.2 Å². The Morgan fingerprint density at radius 1 is 1.57 bits per heavy atom. The van der Waals surface area contributed by atoms with Crippen molar-refractivity contribution in [3.05, 3.63) is 34.6 Å². The minimum atomic E-state index is -0.498. The zero-order chi connectivity index (χ0) is 10.6. The van der Waals surface area contributed by atoms with Crippen molar-refractivity contribution in [2.45, 2.75) is 0 Å². The summed E-state index contributed by atoms with van der Waals surface area (Å²) in [6, 6.07) is 2.98. The van der Waals surface area contributed by atoms with Gasteiger partial charge in [-0.1, -0.05) is 23.8 Å². The molecular formula is C10H11ClFNO. The fraction of sp³-hybridized carbons (Fsp3) is 0.200. The van der Waals surface area contributed by atoms with Crippen LogP contribution in [0.25, 0.3) is 6.08 Å². The van der Waals surface area contributed by atoms with Gasteiger partial charge in [-0.2, -0.15) is 0 Å². The average molecular weight is 216 g/mol. The summed E-state index contributed by atoms with van der Waals surface area (Å²) in [7, 11) is 1.44. The predicted octanol–water partition coefficient (Wildman–Crippen LogP) is 2.46. The highest BCUT2D eigenvalue weighted by atomic mass is 35.5. The average Bonchev–Trinajstić information content (AvgIpc) is 2.19. The van der Waals surface area contributed by atoms with Gasteiger partial charge in [0, 0.05) is 6.54 Å². The van der Waals surface area contributed by atoms with Gasteiger partial charge in [0.1, 0.15) is 16.6 Å². The van der Waals surface area contributed by atoms with Crippen molar-refractivity contribution in [1.29, 1.82) is 0 Å². The highest BCUT2D eigenvalue weighted by Gasteiger charge is 2.07. The van der Waals surface area contributed by atoms with E-state index in [1.165, 1.54) is 13.2 Å². The lowest BCUT2D eigenvalue weighted by Crippen LogP contribution is -1.93. The molecule has 1 aromatic carbocycles. The molecule has 76 valence electrons. The van der Waals surface area contributed by atoms with Gasteiger partial charge in [-0.05, 0) is 17.7 Å². The van der Waals surface area contributed by atoms with Crippen molar-refractivity contribution in [3.8, 4) is 5.75 Å². The van der Waals surface area contributed by atoms with Gasteiger partial charge in [-0.25, -0.2) is 4.39 Å². The molecule has 0 amide bonds. The van der Waals surface area contributed by atoms with Crippen LogP contribution in [-0.4, -0.2) is 13.7 Å². The zero-order valence-electron chi connectivity index (χ0n) is 7.76. The fourth-order valence-electron chi connectivity index (χ4n) is 1.03. The number of benzene rings is 1. The Morgan fingerprint density at radius 3 is 2.86 bits per heavy atom. The van der Waals surface area contributed by atoms with E-state index in [-0.39, 0.29) is 5.02 Å². The van der Waals surface area contributed by atoms with Gasteiger partial charge in [0.05, 0.1) is 7.11 Å². The summed E-state index contributed by atoms with van der Waals surface area (Å²) in [5.74, 6) is -0.175. The van der Waals surface area contributed by atoms with Crippen LogP contribution in [0.15, 0.2) is 18.2 Å². The third-order valence-electron chi connectivity index (χ3n) is 1.68. The van der Waals surface area contributed by atoms with E-state index in [4.69, 9.17) is 22.1 Å². The first-order valence-electron chi connectivity index (χ1n) is 4.08. The molecule has 1 aromatic rings. The van der Waals surface area contributed by atoms with E-state index in [1.807, 2.05) is 0 Å². The van der Waals surface area contributed by atoms with E-state index in [0.717, 1.165) is 0 Å². The Hall–Kier alpha value is -1.06. The lowest BCUT2D eigenvalue weighted by atomic mass is 10.2. The first-order valence-corrected chi connectivity index (χ1v) is 4.46. The number of hydrogen-bond donors (Lipinski definition) is 1. The van der Waals surface area contributed by atoms with Crippen LogP contribution < -0.4 is 10.5 Å². The van der Waals surface area contributed by atoms with Crippen molar-refractivity contribution >= 4 is 17.7 Å². The van der Waals surface area contributed by atoms with E-state index in [0.29, 0.717) is 17.9 Å². The Bertz CT molecular complexity index is 352. The van der Waals surface area contributed by atoms with Gasteiger partial charge in [0.2, 0.25) is 0 Å². The summed E-state index contributed by atoms with van der Waals surface area (Å²) in [4.78, 5) is 0. The van der Waals surface area contributed by atoms with E-state index in [2.05, 4.69) is 0 Å². The highest BCUT2D eigenvalue weighted by Crippen LogP contribution is 2.28. The maximum absolute atomic E-state index is 13.2. The Morgan fingerprint density at radius 2 is 2.29 bits per heavy atom. The molecule has 0 aliphatic carbocycles. The minimum absolute atomic E-state index is 0.00241. The van der Waals surface area contributed by atoms with Crippen LogP contribution in [0.4, 0.5) is 4.39 Å². The normalized spacial score (nSPS) is 10.9. The lowest BCUT2D eigenvalue weighted by molar-refractivity contribution is 0.411. The lowest BCUT2D eigenvalue weighted by Gasteiger charge is -2.04. The molecule has 0 unspecified atom stereocenters. The molecule has 0 aliphatic rings. The molecule has 4 heteroatoms. The molecule has 0 spiro atoms. The summed E-state index contributed by atoms with van der Waals surface area (Å²) in [5.41, 5.74) is 5.95. The first kappa shape index (κ1) is 11.0. The second kappa shape index (κ2) is 4.98. The molecular weight excluding hydrogens is 205 g/mol. The van der Waals surface area contributed by atoms with Crippen LogP contribution in [0.1, 0.15) is 5.56 Å². The maximum atomic E-state index is 13.2. The molecule has 0 heterocycles. The zero-order valence-corrected chi connectivity index (χ0v) is 8.51. The summed E-state index contributed by atoms with van der Waals surface area (Å²) in [6.45, 7) is 0.409. The van der Waals surface area contributed by atoms with Crippen molar-refractivity contribution in [3.63, 3.8) is 0 Å².